The van der Waals surface area contributed by atoms with Crippen molar-refractivity contribution >= 4 is 39.7 Å². The molecule has 29 heavy (non-hydrogen) atoms. The SMILES string of the molecule is O=C(CCc1nc2ccccc2c(=O)[nH]1)N=c1sccn1Cc1ccccc1Cl. The maximum atomic E-state index is 12.4. The number of nitrogens with zero attached hydrogens (tertiary/aromatic N) is 3. The number of aryl methyl sites for hydroxylation is 1. The van der Waals surface area contributed by atoms with Crippen LogP contribution in [0.5, 0.6) is 0 Å². The molecule has 2 aromatic heterocycles. The number of amides is 1. The maximum absolute atomic E-state index is 12.4. The molecule has 0 aliphatic carbocycles. The summed E-state index contributed by atoms with van der Waals surface area (Å²) in [4.78, 5) is 36.5. The van der Waals surface area contributed by atoms with Gasteiger partial charge in [-0.2, -0.15) is 4.99 Å². The Morgan fingerprint density at radius 2 is 1.97 bits per heavy atom. The number of thiazole rings is 1. The molecule has 1 amide bonds. The second-order valence-corrected chi connectivity index (χ2v) is 7.72. The third-order valence-electron chi connectivity index (χ3n) is 4.42. The van der Waals surface area contributed by atoms with Crippen LogP contribution in [0.25, 0.3) is 10.9 Å². The van der Waals surface area contributed by atoms with Crippen molar-refractivity contribution in [1.82, 2.24) is 14.5 Å². The van der Waals surface area contributed by atoms with Crippen LogP contribution in [-0.2, 0) is 17.8 Å². The first-order chi connectivity index (χ1) is 14.1. The topological polar surface area (TPSA) is 80.1 Å². The number of carbonyl (C=O) groups excluding carboxylic acids is 1. The average Bonchev–Trinajstić information content (AvgIpc) is 3.15. The molecule has 146 valence electrons. The van der Waals surface area contributed by atoms with Crippen molar-refractivity contribution in [3.63, 3.8) is 0 Å². The zero-order valence-electron chi connectivity index (χ0n) is 15.3. The summed E-state index contributed by atoms with van der Waals surface area (Å²) in [6, 6.07) is 14.7. The zero-order chi connectivity index (χ0) is 20.2. The summed E-state index contributed by atoms with van der Waals surface area (Å²) in [6.07, 6.45) is 2.35. The Morgan fingerprint density at radius 1 is 1.17 bits per heavy atom. The van der Waals surface area contributed by atoms with Gasteiger partial charge in [0.25, 0.3) is 5.56 Å². The van der Waals surface area contributed by atoms with Crippen molar-refractivity contribution in [2.24, 2.45) is 4.99 Å². The molecule has 2 aromatic carbocycles. The zero-order valence-corrected chi connectivity index (χ0v) is 16.9. The monoisotopic (exact) mass is 424 g/mol. The van der Waals surface area contributed by atoms with Gasteiger partial charge in [0, 0.05) is 29.4 Å². The number of halogens is 1. The van der Waals surface area contributed by atoms with Gasteiger partial charge in [-0.15, -0.1) is 11.3 Å². The largest absolute Gasteiger partial charge is 0.319 e. The van der Waals surface area contributed by atoms with E-state index in [0.29, 0.717) is 39.5 Å². The molecule has 4 rings (SSSR count). The van der Waals surface area contributed by atoms with E-state index in [-0.39, 0.29) is 17.9 Å². The fourth-order valence-electron chi connectivity index (χ4n) is 2.96. The number of fused-ring (bicyclic) bond motifs is 1. The van der Waals surface area contributed by atoms with E-state index in [4.69, 9.17) is 11.6 Å². The van der Waals surface area contributed by atoms with Crippen molar-refractivity contribution in [1.29, 1.82) is 0 Å². The van der Waals surface area contributed by atoms with E-state index in [0.717, 1.165) is 5.56 Å². The minimum atomic E-state index is -0.267. The standard InChI is InChI=1S/C21H17ClN4O2S/c22-16-7-3-1-5-14(16)13-26-11-12-29-21(26)25-19(27)10-9-18-23-17-8-4-2-6-15(17)20(28)24-18/h1-8,11-12H,9-10,13H2,(H,23,24,28). The van der Waals surface area contributed by atoms with Gasteiger partial charge in [0.1, 0.15) is 5.82 Å². The van der Waals surface area contributed by atoms with Crippen molar-refractivity contribution in [2.75, 3.05) is 0 Å². The molecular weight excluding hydrogens is 408 g/mol. The Balaban J connectivity index is 1.49. The van der Waals surface area contributed by atoms with Crippen molar-refractivity contribution in [3.8, 4) is 0 Å². The predicted octanol–water partition coefficient (Wildman–Crippen LogP) is 3.55. The Labute approximate surface area is 175 Å². The number of rotatable bonds is 5. The Kier molecular flexibility index (Phi) is 5.69. The van der Waals surface area contributed by atoms with E-state index in [9.17, 15) is 9.59 Å². The molecule has 0 aliphatic heterocycles. The summed E-state index contributed by atoms with van der Waals surface area (Å²) in [7, 11) is 0. The van der Waals surface area contributed by atoms with Crippen LogP contribution in [0.15, 0.2) is 69.9 Å². The molecule has 6 nitrogen and oxygen atoms in total. The fraction of sp³-hybridized carbons (Fsp3) is 0.143. The fourth-order valence-corrected chi connectivity index (χ4v) is 3.90. The average molecular weight is 425 g/mol. The third kappa shape index (κ3) is 4.52. The lowest BCUT2D eigenvalue weighted by Crippen LogP contribution is -2.18. The van der Waals surface area contributed by atoms with Crippen LogP contribution in [-0.4, -0.2) is 20.4 Å². The maximum Gasteiger partial charge on any atom is 0.258 e. The molecule has 2 heterocycles. The highest BCUT2D eigenvalue weighted by Gasteiger charge is 2.08. The van der Waals surface area contributed by atoms with Crippen LogP contribution in [0.4, 0.5) is 0 Å². The first-order valence-corrected chi connectivity index (χ1v) is 10.3. The normalized spacial score (nSPS) is 11.8. The molecule has 0 unspecified atom stereocenters. The van der Waals surface area contributed by atoms with Crippen LogP contribution in [0.2, 0.25) is 5.02 Å². The minimum absolute atomic E-state index is 0.158. The molecule has 0 bridgehead atoms. The molecule has 0 fully saturated rings. The number of H-pyrrole nitrogens is 1. The lowest BCUT2D eigenvalue weighted by molar-refractivity contribution is -0.118. The van der Waals surface area contributed by atoms with Crippen LogP contribution in [0.3, 0.4) is 0 Å². The molecule has 0 saturated heterocycles. The van der Waals surface area contributed by atoms with Crippen molar-refractivity contribution < 1.29 is 4.79 Å². The van der Waals surface area contributed by atoms with Gasteiger partial charge in [-0.3, -0.25) is 9.59 Å². The Bertz CT molecular complexity index is 1310. The van der Waals surface area contributed by atoms with E-state index >= 15 is 0 Å². The first-order valence-electron chi connectivity index (χ1n) is 9.03. The summed E-state index contributed by atoms with van der Waals surface area (Å²) < 4.78 is 1.89. The second kappa shape index (κ2) is 8.55. The third-order valence-corrected chi connectivity index (χ3v) is 5.58. The summed E-state index contributed by atoms with van der Waals surface area (Å²) >= 11 is 7.62. The molecular formula is C21H17ClN4O2S. The number of hydrogen-bond donors (Lipinski definition) is 1. The van der Waals surface area contributed by atoms with Gasteiger partial charge in [0.05, 0.1) is 17.4 Å². The van der Waals surface area contributed by atoms with Crippen LogP contribution < -0.4 is 10.4 Å². The highest BCUT2D eigenvalue weighted by atomic mass is 35.5. The second-order valence-electron chi connectivity index (χ2n) is 6.44. The summed E-state index contributed by atoms with van der Waals surface area (Å²) in [5.41, 5.74) is 1.37. The number of carbonyl (C=O) groups is 1. The first kappa shape index (κ1) is 19.3. The lowest BCUT2D eigenvalue weighted by atomic mass is 10.2. The van der Waals surface area contributed by atoms with Gasteiger partial charge in [-0.05, 0) is 23.8 Å². The summed E-state index contributed by atoms with van der Waals surface area (Å²) in [6.45, 7) is 0.537. The molecule has 0 spiro atoms. The summed E-state index contributed by atoms with van der Waals surface area (Å²) in [5.74, 6) is 0.212. The van der Waals surface area contributed by atoms with Crippen LogP contribution in [0, 0.1) is 0 Å². The molecule has 1 N–H and O–H groups in total. The predicted molar refractivity (Wildman–Crippen MR) is 114 cm³/mol. The van der Waals surface area contributed by atoms with E-state index in [1.54, 1.807) is 18.2 Å². The highest BCUT2D eigenvalue weighted by molar-refractivity contribution is 7.07. The number of benzene rings is 2. The van der Waals surface area contributed by atoms with Gasteiger partial charge < -0.3 is 9.55 Å². The highest BCUT2D eigenvalue weighted by Crippen LogP contribution is 2.15. The lowest BCUT2D eigenvalue weighted by Gasteiger charge is -2.05. The molecule has 8 heteroatoms. The smallest absolute Gasteiger partial charge is 0.258 e. The van der Waals surface area contributed by atoms with Gasteiger partial charge in [-0.1, -0.05) is 41.9 Å². The minimum Gasteiger partial charge on any atom is -0.319 e. The number of aromatic nitrogens is 3. The molecule has 0 saturated carbocycles. The van der Waals surface area contributed by atoms with E-state index in [1.165, 1.54) is 11.3 Å². The van der Waals surface area contributed by atoms with E-state index in [2.05, 4.69) is 15.0 Å². The molecule has 0 aliphatic rings. The van der Waals surface area contributed by atoms with E-state index in [1.807, 2.05) is 46.5 Å². The van der Waals surface area contributed by atoms with E-state index < -0.39 is 0 Å². The molecule has 0 radical (unpaired) electrons. The van der Waals surface area contributed by atoms with Gasteiger partial charge in [0.2, 0.25) is 5.91 Å². The number of aromatic amines is 1. The van der Waals surface area contributed by atoms with Gasteiger partial charge in [0.15, 0.2) is 4.80 Å². The number of nitrogens with one attached hydrogen (secondary N) is 1. The molecule has 4 aromatic rings. The van der Waals surface area contributed by atoms with Crippen molar-refractivity contribution in [3.05, 3.63) is 91.7 Å². The Hall–Kier alpha value is -3.03. The number of para-hydroxylation sites is 1. The molecule has 0 atom stereocenters. The van der Waals surface area contributed by atoms with Crippen LogP contribution >= 0.6 is 22.9 Å². The quantitative estimate of drug-likeness (QED) is 0.532. The van der Waals surface area contributed by atoms with Crippen molar-refractivity contribution in [2.45, 2.75) is 19.4 Å². The van der Waals surface area contributed by atoms with Gasteiger partial charge >= 0.3 is 0 Å². The number of hydrogen-bond acceptors (Lipinski definition) is 4. The Morgan fingerprint density at radius 3 is 2.83 bits per heavy atom. The van der Waals surface area contributed by atoms with Gasteiger partial charge in [-0.25, -0.2) is 4.98 Å². The summed E-state index contributed by atoms with van der Waals surface area (Å²) in [5, 5.41) is 3.09. The van der Waals surface area contributed by atoms with Crippen LogP contribution in [0.1, 0.15) is 17.8 Å².